The molecule has 2 rings (SSSR count). The lowest BCUT2D eigenvalue weighted by molar-refractivity contribution is 0.219. The second-order valence-electron chi connectivity index (χ2n) is 6.24. The van der Waals surface area contributed by atoms with Crippen molar-refractivity contribution in [3.05, 3.63) is 34.9 Å². The van der Waals surface area contributed by atoms with Gasteiger partial charge in [0.25, 0.3) is 0 Å². The molecule has 1 fully saturated rings. The van der Waals surface area contributed by atoms with E-state index in [9.17, 15) is 0 Å². The SMILES string of the molecule is CC(C)CC(N)(CN1CCCC1)c1ccc(Cl)cc1. The van der Waals surface area contributed by atoms with E-state index in [4.69, 9.17) is 17.3 Å². The van der Waals surface area contributed by atoms with Crippen LogP contribution in [-0.2, 0) is 5.54 Å². The summed E-state index contributed by atoms with van der Waals surface area (Å²) in [4.78, 5) is 2.50. The van der Waals surface area contributed by atoms with Gasteiger partial charge >= 0.3 is 0 Å². The predicted octanol–water partition coefficient (Wildman–Crippen LogP) is 3.64. The molecule has 1 aromatic carbocycles. The topological polar surface area (TPSA) is 29.3 Å². The first-order valence-corrected chi connectivity index (χ1v) is 7.65. The van der Waals surface area contributed by atoms with Gasteiger partial charge < -0.3 is 10.6 Å². The van der Waals surface area contributed by atoms with Crippen LogP contribution in [0.15, 0.2) is 24.3 Å². The highest BCUT2D eigenvalue weighted by atomic mass is 35.5. The molecule has 0 radical (unpaired) electrons. The Morgan fingerprint density at radius 3 is 2.32 bits per heavy atom. The van der Waals surface area contributed by atoms with Crippen LogP contribution in [0.4, 0.5) is 0 Å². The van der Waals surface area contributed by atoms with Crippen molar-refractivity contribution in [1.29, 1.82) is 0 Å². The smallest absolute Gasteiger partial charge is 0.0541 e. The minimum Gasteiger partial charge on any atom is -0.320 e. The van der Waals surface area contributed by atoms with Gasteiger partial charge in [-0.1, -0.05) is 37.6 Å². The van der Waals surface area contributed by atoms with Gasteiger partial charge in [0.15, 0.2) is 0 Å². The van der Waals surface area contributed by atoms with E-state index < -0.39 is 0 Å². The number of nitrogens with zero attached hydrogens (tertiary/aromatic N) is 1. The van der Waals surface area contributed by atoms with Crippen molar-refractivity contribution in [3.8, 4) is 0 Å². The van der Waals surface area contributed by atoms with Crippen LogP contribution >= 0.6 is 11.6 Å². The number of halogens is 1. The summed E-state index contributed by atoms with van der Waals surface area (Å²) in [5.41, 5.74) is 7.71. The first-order chi connectivity index (χ1) is 8.99. The molecule has 1 atom stereocenters. The molecule has 0 saturated carbocycles. The summed E-state index contributed by atoms with van der Waals surface area (Å²) in [5.74, 6) is 0.586. The average Bonchev–Trinajstić information content (AvgIpc) is 2.81. The van der Waals surface area contributed by atoms with E-state index in [1.54, 1.807) is 0 Å². The van der Waals surface area contributed by atoms with E-state index in [0.717, 1.165) is 18.0 Å². The van der Waals surface area contributed by atoms with Crippen molar-refractivity contribution in [1.82, 2.24) is 4.90 Å². The van der Waals surface area contributed by atoms with Crippen LogP contribution in [-0.4, -0.2) is 24.5 Å². The Hall–Kier alpha value is -0.570. The van der Waals surface area contributed by atoms with Gasteiger partial charge in [-0.25, -0.2) is 0 Å². The van der Waals surface area contributed by atoms with Gasteiger partial charge in [-0.3, -0.25) is 0 Å². The molecule has 2 N–H and O–H groups in total. The number of likely N-dealkylation sites (tertiary alicyclic amines) is 1. The third-order valence-corrected chi connectivity index (χ3v) is 4.15. The van der Waals surface area contributed by atoms with Crippen molar-refractivity contribution in [2.75, 3.05) is 19.6 Å². The number of hydrogen-bond acceptors (Lipinski definition) is 2. The van der Waals surface area contributed by atoms with Gasteiger partial charge in [0.2, 0.25) is 0 Å². The molecule has 1 heterocycles. The molecule has 1 unspecified atom stereocenters. The molecule has 106 valence electrons. The zero-order valence-electron chi connectivity index (χ0n) is 12.0. The second-order valence-corrected chi connectivity index (χ2v) is 6.68. The van der Waals surface area contributed by atoms with Crippen LogP contribution in [0.5, 0.6) is 0 Å². The van der Waals surface area contributed by atoms with E-state index in [0.29, 0.717) is 5.92 Å². The summed E-state index contributed by atoms with van der Waals surface area (Å²) in [5, 5.41) is 0.775. The lowest BCUT2D eigenvalue weighted by Gasteiger charge is -2.35. The van der Waals surface area contributed by atoms with Crippen LogP contribution in [0.25, 0.3) is 0 Å². The van der Waals surface area contributed by atoms with Crippen molar-refractivity contribution < 1.29 is 0 Å². The van der Waals surface area contributed by atoms with Gasteiger partial charge in [0.1, 0.15) is 0 Å². The Balaban J connectivity index is 2.19. The second kappa shape index (κ2) is 6.25. The third kappa shape index (κ3) is 3.95. The molecule has 0 aromatic heterocycles. The molecule has 0 spiro atoms. The van der Waals surface area contributed by atoms with E-state index in [1.807, 2.05) is 12.1 Å². The predicted molar refractivity (Wildman–Crippen MR) is 82.4 cm³/mol. The van der Waals surface area contributed by atoms with Gasteiger partial charge in [-0.2, -0.15) is 0 Å². The Labute approximate surface area is 121 Å². The van der Waals surface area contributed by atoms with E-state index >= 15 is 0 Å². The molecule has 1 aliphatic rings. The first-order valence-electron chi connectivity index (χ1n) is 7.27. The van der Waals surface area contributed by atoms with Crippen molar-refractivity contribution in [2.24, 2.45) is 11.7 Å². The summed E-state index contributed by atoms with van der Waals surface area (Å²) in [7, 11) is 0. The Bertz CT molecular complexity index is 396. The Kier molecular flexibility index (Phi) is 4.88. The van der Waals surface area contributed by atoms with Crippen molar-refractivity contribution >= 4 is 11.6 Å². The van der Waals surface area contributed by atoms with Crippen LogP contribution in [0.1, 0.15) is 38.7 Å². The molecule has 19 heavy (non-hydrogen) atoms. The fourth-order valence-electron chi connectivity index (χ4n) is 3.12. The molecule has 1 saturated heterocycles. The van der Waals surface area contributed by atoms with E-state index in [2.05, 4.69) is 30.9 Å². The number of nitrogens with two attached hydrogens (primary N) is 1. The molecule has 0 bridgehead atoms. The lowest BCUT2D eigenvalue weighted by atomic mass is 9.83. The van der Waals surface area contributed by atoms with E-state index in [-0.39, 0.29) is 5.54 Å². The number of benzene rings is 1. The van der Waals surface area contributed by atoms with Crippen LogP contribution in [0, 0.1) is 5.92 Å². The zero-order valence-corrected chi connectivity index (χ0v) is 12.8. The Morgan fingerprint density at radius 2 is 1.79 bits per heavy atom. The maximum Gasteiger partial charge on any atom is 0.0541 e. The summed E-state index contributed by atoms with van der Waals surface area (Å²) < 4.78 is 0. The van der Waals surface area contributed by atoms with E-state index in [1.165, 1.54) is 31.5 Å². The molecule has 0 amide bonds. The van der Waals surface area contributed by atoms with Crippen LogP contribution < -0.4 is 5.73 Å². The standard InChI is InChI=1S/C16H25ClN2/c1-13(2)11-16(18,12-19-9-3-4-10-19)14-5-7-15(17)8-6-14/h5-8,13H,3-4,9-12,18H2,1-2H3. The maximum absolute atomic E-state index is 6.77. The van der Waals surface area contributed by atoms with Gasteiger partial charge in [0.05, 0.1) is 5.54 Å². The fourth-order valence-corrected chi connectivity index (χ4v) is 3.25. The monoisotopic (exact) mass is 280 g/mol. The number of rotatable bonds is 5. The van der Waals surface area contributed by atoms with Gasteiger partial charge in [-0.15, -0.1) is 0 Å². The van der Waals surface area contributed by atoms with Crippen molar-refractivity contribution in [2.45, 2.75) is 38.6 Å². The third-order valence-electron chi connectivity index (χ3n) is 3.90. The molecular formula is C16H25ClN2. The minimum atomic E-state index is -0.261. The highest BCUT2D eigenvalue weighted by Gasteiger charge is 2.31. The fraction of sp³-hybridized carbons (Fsp3) is 0.625. The summed E-state index contributed by atoms with van der Waals surface area (Å²) in [6, 6.07) is 8.06. The van der Waals surface area contributed by atoms with Crippen molar-refractivity contribution in [3.63, 3.8) is 0 Å². The molecular weight excluding hydrogens is 256 g/mol. The largest absolute Gasteiger partial charge is 0.320 e. The molecule has 3 heteroatoms. The van der Waals surface area contributed by atoms with Gasteiger partial charge in [-0.05, 0) is 56.0 Å². The highest BCUT2D eigenvalue weighted by Crippen LogP contribution is 2.29. The van der Waals surface area contributed by atoms with Crippen LogP contribution in [0.3, 0.4) is 0 Å². The summed E-state index contributed by atoms with van der Waals surface area (Å²) >= 11 is 5.99. The summed E-state index contributed by atoms with van der Waals surface area (Å²) in [6.45, 7) is 7.80. The lowest BCUT2D eigenvalue weighted by Crippen LogP contribution is -2.47. The average molecular weight is 281 g/mol. The summed E-state index contributed by atoms with van der Waals surface area (Å²) in [6.07, 6.45) is 3.61. The van der Waals surface area contributed by atoms with Crippen LogP contribution in [0.2, 0.25) is 5.02 Å². The maximum atomic E-state index is 6.77. The zero-order chi connectivity index (χ0) is 13.9. The highest BCUT2D eigenvalue weighted by molar-refractivity contribution is 6.30. The Morgan fingerprint density at radius 1 is 1.21 bits per heavy atom. The van der Waals surface area contributed by atoms with Gasteiger partial charge in [0, 0.05) is 11.6 Å². The minimum absolute atomic E-state index is 0.261. The first kappa shape index (κ1) is 14.8. The number of hydrogen-bond donors (Lipinski definition) is 1. The molecule has 2 nitrogen and oxygen atoms in total. The molecule has 0 aliphatic carbocycles. The molecule has 1 aromatic rings. The quantitative estimate of drug-likeness (QED) is 0.892. The normalized spacial score (nSPS) is 19.8. The molecule has 1 aliphatic heterocycles.